The highest BCUT2D eigenvalue weighted by molar-refractivity contribution is 6.15. The highest BCUT2D eigenvalue weighted by atomic mass is 16.6. The van der Waals surface area contributed by atoms with Gasteiger partial charge in [-0.3, -0.25) is 19.7 Å². The van der Waals surface area contributed by atoms with Crippen LogP contribution < -0.4 is 10.0 Å². The Labute approximate surface area is 196 Å². The van der Waals surface area contributed by atoms with Crippen LogP contribution in [0, 0.1) is 10.1 Å². The molecule has 2 heterocycles. The standard InChI is InChI=1S/C25H25N3O6/c1-3-26(4-2)13-14-27-22(16-9-11-18(12-10-16)28(32)33)21(24(30)25(27)31)23(29)20-15-17-7-5-6-8-19(17)34-20/h5-12,15,22,30H,3-4,13-14H2,1-2H3. The first-order chi connectivity index (χ1) is 16.3. The van der Waals surface area contributed by atoms with Crippen LogP contribution in [0.5, 0.6) is 0 Å². The van der Waals surface area contributed by atoms with Gasteiger partial charge < -0.3 is 19.3 Å². The minimum absolute atomic E-state index is 0.0273. The molecule has 3 aromatic rings. The molecule has 1 aliphatic heterocycles. The fourth-order valence-corrected chi connectivity index (χ4v) is 4.33. The Morgan fingerprint density at radius 2 is 1.79 bits per heavy atom. The number of nitrogens with zero attached hydrogens (tertiary/aromatic N) is 2. The van der Waals surface area contributed by atoms with Crippen molar-refractivity contribution < 1.29 is 28.9 Å². The van der Waals surface area contributed by atoms with Crippen LogP contribution in [0.2, 0.25) is 0 Å². The van der Waals surface area contributed by atoms with Crippen LogP contribution in [0.1, 0.15) is 36.0 Å². The first-order valence-corrected chi connectivity index (χ1v) is 11.2. The lowest BCUT2D eigenvalue weighted by Crippen LogP contribution is -3.12. The second kappa shape index (κ2) is 9.48. The molecule has 1 unspecified atom stereocenters. The number of furan rings is 1. The molecular weight excluding hydrogens is 438 g/mol. The maximum Gasteiger partial charge on any atom is 0.269 e. The highest BCUT2D eigenvalue weighted by Gasteiger charge is 2.40. The van der Waals surface area contributed by atoms with Crippen molar-refractivity contribution in [2.45, 2.75) is 19.9 Å². The molecule has 1 amide bonds. The molecule has 0 saturated heterocycles. The van der Waals surface area contributed by atoms with E-state index in [2.05, 4.69) is 0 Å². The third-order valence-corrected chi connectivity index (χ3v) is 6.30. The number of likely N-dealkylation sites (N-methyl/N-ethyl adjacent to an activating group) is 1. The third kappa shape index (κ3) is 4.17. The van der Waals surface area contributed by atoms with E-state index in [4.69, 9.17) is 4.42 Å². The Morgan fingerprint density at radius 3 is 2.41 bits per heavy atom. The molecule has 9 heteroatoms. The number of amides is 1. The lowest BCUT2D eigenvalue weighted by atomic mass is 9.95. The van der Waals surface area contributed by atoms with E-state index in [0.29, 0.717) is 23.1 Å². The fraction of sp³-hybridized carbons (Fsp3) is 0.280. The number of quaternary nitrogens is 1. The van der Waals surface area contributed by atoms with Crippen molar-refractivity contribution in [3.05, 3.63) is 87.4 Å². The summed E-state index contributed by atoms with van der Waals surface area (Å²) in [6.45, 7) is 6.63. The molecule has 1 aromatic heterocycles. The number of fused-ring (bicyclic) bond motifs is 1. The van der Waals surface area contributed by atoms with E-state index in [9.17, 15) is 24.8 Å². The monoisotopic (exact) mass is 463 g/mol. The number of nitrogens with one attached hydrogen (secondary N) is 1. The smallest absolute Gasteiger partial charge is 0.269 e. The third-order valence-electron chi connectivity index (χ3n) is 6.30. The number of rotatable bonds is 9. The summed E-state index contributed by atoms with van der Waals surface area (Å²) in [7, 11) is 0. The van der Waals surface area contributed by atoms with E-state index in [1.807, 2.05) is 13.8 Å². The average Bonchev–Trinajstić information content (AvgIpc) is 3.39. The minimum atomic E-state index is -0.948. The Balaban J connectivity index is 1.75. The largest absolute Gasteiger partial charge is 0.868 e. The molecule has 1 atom stereocenters. The molecule has 1 N–H and O–H groups in total. The number of carbonyl (C=O) groups excluding carboxylic acids is 2. The summed E-state index contributed by atoms with van der Waals surface area (Å²) in [6, 6.07) is 13.3. The van der Waals surface area contributed by atoms with Crippen LogP contribution in [-0.2, 0) is 4.79 Å². The topological polar surface area (TPSA) is 121 Å². The zero-order valence-electron chi connectivity index (χ0n) is 18.9. The van der Waals surface area contributed by atoms with Crippen LogP contribution >= 0.6 is 0 Å². The highest BCUT2D eigenvalue weighted by Crippen LogP contribution is 2.39. The van der Waals surface area contributed by atoms with Crippen molar-refractivity contribution in [3.63, 3.8) is 0 Å². The zero-order chi connectivity index (χ0) is 24.4. The number of hydrogen-bond donors (Lipinski definition) is 1. The lowest BCUT2D eigenvalue weighted by Gasteiger charge is -2.28. The van der Waals surface area contributed by atoms with Crippen molar-refractivity contribution in [1.82, 2.24) is 4.90 Å². The summed E-state index contributed by atoms with van der Waals surface area (Å²) in [5.74, 6) is -2.31. The fourth-order valence-electron chi connectivity index (χ4n) is 4.33. The number of nitro benzene ring substituents is 1. The zero-order valence-corrected chi connectivity index (χ0v) is 18.9. The van der Waals surface area contributed by atoms with Gasteiger partial charge in [0.1, 0.15) is 5.58 Å². The number of para-hydroxylation sites is 1. The predicted octanol–water partition coefficient (Wildman–Crippen LogP) is 1.65. The molecule has 0 spiro atoms. The molecule has 34 heavy (non-hydrogen) atoms. The van der Waals surface area contributed by atoms with Gasteiger partial charge in [-0.25, -0.2) is 0 Å². The van der Waals surface area contributed by atoms with E-state index in [0.717, 1.165) is 13.1 Å². The first-order valence-electron chi connectivity index (χ1n) is 11.2. The van der Waals surface area contributed by atoms with Gasteiger partial charge in [0.25, 0.3) is 5.69 Å². The van der Waals surface area contributed by atoms with Gasteiger partial charge in [0.15, 0.2) is 5.76 Å². The van der Waals surface area contributed by atoms with Gasteiger partial charge in [-0.15, -0.1) is 0 Å². The minimum Gasteiger partial charge on any atom is -0.868 e. The summed E-state index contributed by atoms with van der Waals surface area (Å²) in [6.07, 6.45) is 0. The van der Waals surface area contributed by atoms with Crippen LogP contribution in [0.3, 0.4) is 0 Å². The predicted molar refractivity (Wildman–Crippen MR) is 122 cm³/mol. The molecule has 0 bridgehead atoms. The second-order valence-electron chi connectivity index (χ2n) is 8.18. The Kier molecular flexibility index (Phi) is 6.47. The number of carbonyl (C=O) groups is 2. The maximum atomic E-state index is 13.5. The van der Waals surface area contributed by atoms with Crippen LogP contribution in [0.15, 0.2) is 70.3 Å². The van der Waals surface area contributed by atoms with Gasteiger partial charge in [0.2, 0.25) is 11.7 Å². The van der Waals surface area contributed by atoms with Crippen molar-refractivity contribution in [1.29, 1.82) is 0 Å². The number of ketones is 1. The Morgan fingerprint density at radius 1 is 1.12 bits per heavy atom. The van der Waals surface area contributed by atoms with Gasteiger partial charge >= 0.3 is 0 Å². The maximum absolute atomic E-state index is 13.5. The number of hydrogen-bond acceptors (Lipinski definition) is 6. The second-order valence-corrected chi connectivity index (χ2v) is 8.18. The van der Waals surface area contributed by atoms with Crippen molar-refractivity contribution >= 4 is 28.3 Å². The van der Waals surface area contributed by atoms with Crippen LogP contribution in [0.4, 0.5) is 5.69 Å². The number of benzene rings is 2. The van der Waals surface area contributed by atoms with Crippen molar-refractivity contribution in [3.8, 4) is 0 Å². The summed E-state index contributed by atoms with van der Waals surface area (Å²) >= 11 is 0. The van der Waals surface area contributed by atoms with E-state index in [-0.39, 0.29) is 23.6 Å². The van der Waals surface area contributed by atoms with Gasteiger partial charge in [-0.05, 0) is 49.4 Å². The van der Waals surface area contributed by atoms with Gasteiger partial charge in [-0.1, -0.05) is 18.2 Å². The van der Waals surface area contributed by atoms with Crippen LogP contribution in [-0.4, -0.2) is 47.7 Å². The molecule has 0 fully saturated rings. The van der Waals surface area contributed by atoms with E-state index >= 15 is 0 Å². The van der Waals surface area contributed by atoms with Gasteiger partial charge in [0.05, 0.1) is 37.1 Å². The Bertz CT molecular complexity index is 1240. The molecule has 0 aliphatic carbocycles. The van der Waals surface area contributed by atoms with E-state index in [1.54, 1.807) is 30.3 Å². The number of Topliss-reactive ketones (excluding diaryl/α,β-unsaturated/α-hetero) is 1. The average molecular weight is 463 g/mol. The molecule has 1 aliphatic rings. The molecular formula is C25H25N3O6. The van der Waals surface area contributed by atoms with E-state index < -0.39 is 28.4 Å². The summed E-state index contributed by atoms with van der Waals surface area (Å²) < 4.78 is 5.68. The van der Waals surface area contributed by atoms with Crippen LogP contribution in [0.25, 0.3) is 11.0 Å². The van der Waals surface area contributed by atoms with Crippen molar-refractivity contribution in [2.24, 2.45) is 0 Å². The normalized spacial score (nSPS) is 16.1. The SMILES string of the molecule is CC[NH+](CC)CCN1C(=O)C([O-])=C(C(=O)c2cc3ccccc3o2)C1c1ccc([N+](=O)[O-])cc1. The molecule has 176 valence electrons. The quantitative estimate of drug-likeness (QED) is 0.293. The molecule has 2 aromatic carbocycles. The lowest BCUT2D eigenvalue weighted by molar-refractivity contribution is -0.895. The molecule has 9 nitrogen and oxygen atoms in total. The molecule has 0 saturated carbocycles. The van der Waals surface area contributed by atoms with E-state index in [1.165, 1.54) is 34.1 Å². The summed E-state index contributed by atoms with van der Waals surface area (Å²) in [5, 5.41) is 24.9. The molecule has 0 radical (unpaired) electrons. The first kappa shape index (κ1) is 23.2. The van der Waals surface area contributed by atoms with Gasteiger partial charge in [0, 0.05) is 23.1 Å². The van der Waals surface area contributed by atoms with Crippen molar-refractivity contribution in [2.75, 3.05) is 26.2 Å². The Hall–Kier alpha value is -3.98. The molecule has 4 rings (SSSR count). The summed E-state index contributed by atoms with van der Waals surface area (Å²) in [4.78, 5) is 39.7. The number of non-ortho nitro benzene ring substituents is 1. The van der Waals surface area contributed by atoms with Gasteiger partial charge in [-0.2, -0.15) is 0 Å². The number of nitro groups is 1. The summed E-state index contributed by atoms with van der Waals surface area (Å²) in [5.41, 5.74) is 0.632.